The van der Waals surface area contributed by atoms with E-state index in [-0.39, 0.29) is 5.91 Å². The summed E-state index contributed by atoms with van der Waals surface area (Å²) < 4.78 is 0. The summed E-state index contributed by atoms with van der Waals surface area (Å²) in [5.74, 6) is -0.0448. The number of rotatable bonds is 5. The first-order valence-electron chi connectivity index (χ1n) is 7.36. The van der Waals surface area contributed by atoms with Crippen LogP contribution in [-0.4, -0.2) is 19.5 Å². The first kappa shape index (κ1) is 15.2. The molecule has 0 aromatic heterocycles. The van der Waals surface area contributed by atoms with Gasteiger partial charge < -0.3 is 10.6 Å². The topological polar surface area (TPSA) is 41.1 Å². The quantitative estimate of drug-likeness (QED) is 0.859. The van der Waals surface area contributed by atoms with E-state index in [0.29, 0.717) is 16.0 Å². The molecule has 1 aliphatic rings. The highest BCUT2D eigenvalue weighted by atomic mass is 35.5. The van der Waals surface area contributed by atoms with Crippen molar-refractivity contribution in [2.75, 3.05) is 18.9 Å². The largest absolute Gasteiger partial charge is 0.387 e. The van der Waals surface area contributed by atoms with E-state index in [0.717, 1.165) is 18.7 Å². The Labute approximate surface area is 126 Å². The fourth-order valence-corrected chi connectivity index (χ4v) is 3.24. The summed E-state index contributed by atoms with van der Waals surface area (Å²) in [6.45, 7) is 2.98. The Balaban J connectivity index is 2.06. The molecule has 1 aromatic rings. The van der Waals surface area contributed by atoms with Crippen molar-refractivity contribution in [3.8, 4) is 0 Å². The number of nitrogens with one attached hydrogen (secondary N) is 2. The zero-order valence-electron chi connectivity index (χ0n) is 12.3. The minimum absolute atomic E-state index is 0.0448. The Kier molecular flexibility index (Phi) is 4.92. The van der Waals surface area contributed by atoms with E-state index in [4.69, 9.17) is 11.6 Å². The predicted octanol–water partition coefficient (Wildman–Crippen LogP) is 4.08. The third kappa shape index (κ3) is 3.26. The molecular formula is C16H23ClN2O. The van der Waals surface area contributed by atoms with Crippen LogP contribution in [0.5, 0.6) is 0 Å². The Morgan fingerprint density at radius 2 is 2.05 bits per heavy atom. The summed E-state index contributed by atoms with van der Waals surface area (Å²) in [6.07, 6.45) is 6.13. The Bertz CT molecular complexity index is 481. The van der Waals surface area contributed by atoms with Crippen LogP contribution in [0.1, 0.15) is 49.4 Å². The first-order valence-corrected chi connectivity index (χ1v) is 7.73. The average Bonchev–Trinajstić information content (AvgIpc) is 2.94. The van der Waals surface area contributed by atoms with Gasteiger partial charge in [0.2, 0.25) is 0 Å². The van der Waals surface area contributed by atoms with Crippen LogP contribution in [0.2, 0.25) is 5.02 Å². The molecule has 0 radical (unpaired) electrons. The molecule has 0 atom stereocenters. The molecule has 3 nitrogen and oxygen atoms in total. The lowest BCUT2D eigenvalue weighted by Gasteiger charge is -2.27. The van der Waals surface area contributed by atoms with Crippen LogP contribution in [0.15, 0.2) is 18.2 Å². The van der Waals surface area contributed by atoms with E-state index >= 15 is 0 Å². The predicted molar refractivity (Wildman–Crippen MR) is 84.5 cm³/mol. The van der Waals surface area contributed by atoms with Crippen molar-refractivity contribution in [2.45, 2.75) is 39.0 Å². The fraction of sp³-hybridized carbons (Fsp3) is 0.562. The van der Waals surface area contributed by atoms with Crippen molar-refractivity contribution >= 4 is 23.2 Å². The molecule has 1 amide bonds. The Hall–Kier alpha value is -1.22. The van der Waals surface area contributed by atoms with Gasteiger partial charge in [-0.1, -0.05) is 31.4 Å². The van der Waals surface area contributed by atoms with Crippen LogP contribution in [0.25, 0.3) is 0 Å². The molecule has 110 valence electrons. The molecular weight excluding hydrogens is 272 g/mol. The second-order valence-corrected chi connectivity index (χ2v) is 6.12. The molecule has 0 aliphatic heterocycles. The van der Waals surface area contributed by atoms with Crippen LogP contribution in [0, 0.1) is 5.41 Å². The number of benzene rings is 1. The van der Waals surface area contributed by atoms with Crippen molar-refractivity contribution < 1.29 is 4.79 Å². The summed E-state index contributed by atoms with van der Waals surface area (Å²) in [4.78, 5) is 12.4. The number of halogens is 1. The molecule has 1 saturated carbocycles. The first-order chi connectivity index (χ1) is 9.60. The van der Waals surface area contributed by atoms with Gasteiger partial charge in [-0.25, -0.2) is 0 Å². The number of carbonyl (C=O) groups is 1. The zero-order valence-corrected chi connectivity index (χ0v) is 13.0. The highest BCUT2D eigenvalue weighted by Crippen LogP contribution is 2.40. The van der Waals surface area contributed by atoms with E-state index in [9.17, 15) is 4.79 Å². The van der Waals surface area contributed by atoms with Gasteiger partial charge in [0, 0.05) is 24.3 Å². The van der Waals surface area contributed by atoms with Crippen LogP contribution in [0.4, 0.5) is 5.69 Å². The Morgan fingerprint density at radius 1 is 1.35 bits per heavy atom. The van der Waals surface area contributed by atoms with E-state index in [1.807, 2.05) is 13.1 Å². The Morgan fingerprint density at radius 3 is 2.65 bits per heavy atom. The van der Waals surface area contributed by atoms with Gasteiger partial charge in [-0.15, -0.1) is 0 Å². The van der Waals surface area contributed by atoms with Gasteiger partial charge in [0.05, 0.1) is 5.56 Å². The molecule has 1 aliphatic carbocycles. The number of hydrogen-bond acceptors (Lipinski definition) is 2. The third-order valence-electron chi connectivity index (χ3n) is 4.53. The normalized spacial score (nSPS) is 16.9. The highest BCUT2D eigenvalue weighted by molar-refractivity contribution is 6.31. The van der Waals surface area contributed by atoms with Crippen LogP contribution < -0.4 is 10.6 Å². The third-order valence-corrected chi connectivity index (χ3v) is 4.77. The second-order valence-electron chi connectivity index (χ2n) is 5.68. The number of hydrogen-bond donors (Lipinski definition) is 2. The van der Waals surface area contributed by atoms with Gasteiger partial charge in [-0.05, 0) is 42.9 Å². The molecule has 0 saturated heterocycles. The average molecular weight is 295 g/mol. The summed E-state index contributed by atoms with van der Waals surface area (Å²) in [5.41, 5.74) is 1.72. The van der Waals surface area contributed by atoms with Gasteiger partial charge in [0.25, 0.3) is 5.91 Å². The van der Waals surface area contributed by atoms with Crippen molar-refractivity contribution in [1.29, 1.82) is 0 Å². The van der Waals surface area contributed by atoms with E-state index < -0.39 is 0 Å². The van der Waals surface area contributed by atoms with Crippen molar-refractivity contribution in [2.24, 2.45) is 5.41 Å². The van der Waals surface area contributed by atoms with Gasteiger partial charge in [-0.3, -0.25) is 4.79 Å². The lowest BCUT2D eigenvalue weighted by atomic mass is 9.83. The van der Waals surface area contributed by atoms with Crippen LogP contribution in [0.3, 0.4) is 0 Å². The van der Waals surface area contributed by atoms with E-state index in [1.165, 1.54) is 25.7 Å². The zero-order chi connectivity index (χ0) is 14.6. The van der Waals surface area contributed by atoms with Crippen molar-refractivity contribution in [3.63, 3.8) is 0 Å². The van der Waals surface area contributed by atoms with Gasteiger partial charge in [-0.2, -0.15) is 0 Å². The highest BCUT2D eigenvalue weighted by Gasteiger charge is 2.32. The SMILES string of the molecule is CCC1(CNC(=O)c2cc(Cl)ccc2NC)CCCC1. The molecule has 0 unspecified atom stereocenters. The lowest BCUT2D eigenvalue weighted by Crippen LogP contribution is -2.35. The van der Waals surface area contributed by atoms with E-state index in [1.54, 1.807) is 12.1 Å². The lowest BCUT2D eigenvalue weighted by molar-refractivity contribution is 0.0929. The summed E-state index contributed by atoms with van der Waals surface area (Å²) in [5, 5.41) is 6.72. The monoisotopic (exact) mass is 294 g/mol. The summed E-state index contributed by atoms with van der Waals surface area (Å²) in [7, 11) is 1.81. The maximum absolute atomic E-state index is 12.4. The summed E-state index contributed by atoms with van der Waals surface area (Å²) >= 11 is 5.99. The van der Waals surface area contributed by atoms with Gasteiger partial charge >= 0.3 is 0 Å². The maximum Gasteiger partial charge on any atom is 0.253 e. The molecule has 1 aromatic carbocycles. The maximum atomic E-state index is 12.4. The fourth-order valence-electron chi connectivity index (χ4n) is 3.07. The van der Waals surface area contributed by atoms with Crippen LogP contribution >= 0.6 is 11.6 Å². The molecule has 0 bridgehead atoms. The molecule has 0 spiro atoms. The molecule has 20 heavy (non-hydrogen) atoms. The molecule has 4 heteroatoms. The molecule has 2 N–H and O–H groups in total. The van der Waals surface area contributed by atoms with Crippen molar-refractivity contribution in [1.82, 2.24) is 5.32 Å². The standard InChI is InChI=1S/C16H23ClN2O/c1-3-16(8-4-5-9-16)11-19-15(20)13-10-12(17)6-7-14(13)18-2/h6-7,10,18H,3-5,8-9,11H2,1-2H3,(H,19,20). The van der Waals surface area contributed by atoms with Gasteiger partial charge in [0.1, 0.15) is 0 Å². The number of anilines is 1. The van der Waals surface area contributed by atoms with Gasteiger partial charge in [0.15, 0.2) is 0 Å². The number of carbonyl (C=O) groups excluding carboxylic acids is 1. The molecule has 2 rings (SSSR count). The van der Waals surface area contributed by atoms with E-state index in [2.05, 4.69) is 17.6 Å². The minimum Gasteiger partial charge on any atom is -0.387 e. The minimum atomic E-state index is -0.0448. The molecule has 0 heterocycles. The summed E-state index contributed by atoms with van der Waals surface area (Å²) in [6, 6.07) is 5.34. The smallest absolute Gasteiger partial charge is 0.253 e. The van der Waals surface area contributed by atoms with Crippen molar-refractivity contribution in [3.05, 3.63) is 28.8 Å². The number of amides is 1. The second kappa shape index (κ2) is 6.49. The van der Waals surface area contributed by atoms with Crippen LogP contribution in [-0.2, 0) is 0 Å². The molecule has 1 fully saturated rings.